The number of amidine groups is 1. The van der Waals surface area contributed by atoms with Gasteiger partial charge in [0.15, 0.2) is 5.17 Å². The van der Waals surface area contributed by atoms with Gasteiger partial charge in [0.25, 0.3) is 0 Å². The molecule has 1 saturated carbocycles. The molecule has 2 rings (SSSR count). The molecule has 1 N–H and O–H groups in total. The van der Waals surface area contributed by atoms with Crippen molar-refractivity contribution in [3.8, 4) is 0 Å². The Morgan fingerprint density at radius 1 is 1.46 bits per heavy atom. The molecule has 0 amide bonds. The zero-order chi connectivity index (χ0) is 9.31. The van der Waals surface area contributed by atoms with E-state index >= 15 is 0 Å². The van der Waals surface area contributed by atoms with Crippen LogP contribution in [0.4, 0.5) is 0 Å². The normalized spacial score (nSPS) is 31.1. The summed E-state index contributed by atoms with van der Waals surface area (Å²) in [5.74, 6) is 1.21. The molecular formula is C10H18N2S. The molecule has 0 aromatic heterocycles. The van der Waals surface area contributed by atoms with Crippen molar-refractivity contribution in [2.75, 3.05) is 5.75 Å². The summed E-state index contributed by atoms with van der Waals surface area (Å²) in [5.41, 5.74) is 0.258. The maximum atomic E-state index is 4.71. The third-order valence-electron chi connectivity index (χ3n) is 2.79. The monoisotopic (exact) mass is 198 g/mol. The van der Waals surface area contributed by atoms with Crippen molar-refractivity contribution in [2.24, 2.45) is 4.99 Å². The van der Waals surface area contributed by atoms with Crippen LogP contribution < -0.4 is 5.32 Å². The number of hydrogen-bond acceptors (Lipinski definition) is 2. The molecule has 0 aromatic carbocycles. The zero-order valence-corrected chi connectivity index (χ0v) is 9.28. The van der Waals surface area contributed by atoms with Gasteiger partial charge in [0.2, 0.25) is 0 Å². The standard InChI is InChI=1S/C10H18N2S/c1-10(2)6-7-13-9(12-10)11-8-4-3-5-8/h8H,3-7H2,1-2H3,(H,11,12). The first-order chi connectivity index (χ1) is 6.16. The van der Waals surface area contributed by atoms with Gasteiger partial charge >= 0.3 is 0 Å². The van der Waals surface area contributed by atoms with E-state index in [1.165, 1.54) is 36.6 Å². The van der Waals surface area contributed by atoms with Gasteiger partial charge in [-0.2, -0.15) is 0 Å². The minimum absolute atomic E-state index is 0.258. The summed E-state index contributed by atoms with van der Waals surface area (Å²) >= 11 is 1.88. The summed E-state index contributed by atoms with van der Waals surface area (Å²) in [7, 11) is 0. The Kier molecular flexibility index (Phi) is 2.54. The van der Waals surface area contributed by atoms with Crippen LogP contribution in [-0.4, -0.2) is 22.5 Å². The number of nitrogens with zero attached hydrogens (tertiary/aromatic N) is 1. The third kappa shape index (κ3) is 2.39. The summed E-state index contributed by atoms with van der Waals surface area (Å²) in [4.78, 5) is 4.71. The van der Waals surface area contributed by atoms with Crippen LogP contribution in [0.2, 0.25) is 0 Å². The van der Waals surface area contributed by atoms with Crippen LogP contribution in [0.15, 0.2) is 4.99 Å². The van der Waals surface area contributed by atoms with Crippen molar-refractivity contribution < 1.29 is 0 Å². The van der Waals surface area contributed by atoms with Crippen molar-refractivity contribution in [1.82, 2.24) is 5.32 Å². The molecule has 2 nitrogen and oxygen atoms in total. The van der Waals surface area contributed by atoms with E-state index in [1.807, 2.05) is 11.8 Å². The van der Waals surface area contributed by atoms with Crippen molar-refractivity contribution in [3.63, 3.8) is 0 Å². The molecule has 1 saturated heterocycles. The summed E-state index contributed by atoms with van der Waals surface area (Å²) in [6.45, 7) is 4.51. The van der Waals surface area contributed by atoms with Gasteiger partial charge in [0, 0.05) is 11.3 Å². The molecule has 0 unspecified atom stereocenters. The van der Waals surface area contributed by atoms with E-state index in [2.05, 4.69) is 19.2 Å². The minimum Gasteiger partial charge on any atom is -0.360 e. The van der Waals surface area contributed by atoms with E-state index in [1.54, 1.807) is 0 Å². The predicted molar refractivity (Wildman–Crippen MR) is 59.4 cm³/mol. The second kappa shape index (κ2) is 3.52. The number of hydrogen-bond donors (Lipinski definition) is 1. The lowest BCUT2D eigenvalue weighted by Crippen LogP contribution is -2.46. The van der Waals surface area contributed by atoms with Gasteiger partial charge in [0.05, 0.1) is 6.04 Å². The van der Waals surface area contributed by atoms with Crippen LogP contribution in [0, 0.1) is 0 Å². The summed E-state index contributed by atoms with van der Waals surface area (Å²) < 4.78 is 0. The Morgan fingerprint density at radius 2 is 2.23 bits per heavy atom. The summed E-state index contributed by atoms with van der Waals surface area (Å²) in [6.07, 6.45) is 5.20. The van der Waals surface area contributed by atoms with E-state index in [9.17, 15) is 0 Å². The molecule has 1 aliphatic heterocycles. The SMILES string of the molecule is CC1(C)CCSC(=NC2CCC2)N1. The molecular weight excluding hydrogens is 180 g/mol. The van der Waals surface area contributed by atoms with Crippen molar-refractivity contribution in [2.45, 2.75) is 51.1 Å². The fourth-order valence-electron chi connectivity index (χ4n) is 1.54. The highest BCUT2D eigenvalue weighted by Gasteiger charge is 2.25. The van der Waals surface area contributed by atoms with Gasteiger partial charge in [-0.05, 0) is 39.5 Å². The smallest absolute Gasteiger partial charge is 0.157 e. The van der Waals surface area contributed by atoms with Gasteiger partial charge in [0.1, 0.15) is 0 Å². The highest BCUT2D eigenvalue weighted by atomic mass is 32.2. The average molecular weight is 198 g/mol. The van der Waals surface area contributed by atoms with E-state index in [0.29, 0.717) is 6.04 Å². The van der Waals surface area contributed by atoms with Crippen LogP contribution in [-0.2, 0) is 0 Å². The maximum absolute atomic E-state index is 4.71. The van der Waals surface area contributed by atoms with Gasteiger partial charge in [-0.1, -0.05) is 11.8 Å². The van der Waals surface area contributed by atoms with Crippen LogP contribution in [0.3, 0.4) is 0 Å². The molecule has 3 heteroatoms. The first kappa shape index (κ1) is 9.38. The van der Waals surface area contributed by atoms with Crippen molar-refractivity contribution in [3.05, 3.63) is 0 Å². The molecule has 74 valence electrons. The number of nitrogens with one attached hydrogen (secondary N) is 1. The Bertz CT molecular complexity index is 219. The quantitative estimate of drug-likeness (QED) is 0.699. The zero-order valence-electron chi connectivity index (χ0n) is 8.47. The lowest BCUT2D eigenvalue weighted by molar-refractivity contribution is 0.410. The summed E-state index contributed by atoms with van der Waals surface area (Å²) in [5, 5.41) is 4.69. The Balaban J connectivity index is 1.94. The lowest BCUT2D eigenvalue weighted by atomic mass is 9.94. The van der Waals surface area contributed by atoms with Gasteiger partial charge in [-0.15, -0.1) is 0 Å². The lowest BCUT2D eigenvalue weighted by Gasteiger charge is -2.33. The molecule has 13 heavy (non-hydrogen) atoms. The average Bonchev–Trinajstić information content (AvgIpc) is 1.95. The number of thioether (sulfide) groups is 1. The molecule has 0 aromatic rings. The molecule has 2 aliphatic rings. The van der Waals surface area contributed by atoms with E-state index < -0.39 is 0 Å². The second-order valence-electron chi connectivity index (χ2n) is 4.63. The highest BCUT2D eigenvalue weighted by Crippen LogP contribution is 2.26. The van der Waals surface area contributed by atoms with E-state index in [4.69, 9.17) is 4.99 Å². The highest BCUT2D eigenvalue weighted by molar-refractivity contribution is 8.13. The summed E-state index contributed by atoms with van der Waals surface area (Å²) in [6, 6.07) is 0.629. The number of rotatable bonds is 1. The molecule has 2 fully saturated rings. The van der Waals surface area contributed by atoms with E-state index in [-0.39, 0.29) is 5.54 Å². The Labute approximate surface area is 84.6 Å². The first-order valence-corrected chi connectivity index (χ1v) is 6.13. The second-order valence-corrected chi connectivity index (χ2v) is 5.71. The number of aliphatic imine (C=N–C) groups is 1. The largest absolute Gasteiger partial charge is 0.360 e. The van der Waals surface area contributed by atoms with Crippen molar-refractivity contribution in [1.29, 1.82) is 0 Å². The van der Waals surface area contributed by atoms with Crippen LogP contribution in [0.1, 0.15) is 39.5 Å². The van der Waals surface area contributed by atoms with Crippen LogP contribution in [0.5, 0.6) is 0 Å². The molecule has 1 aliphatic carbocycles. The molecule has 0 bridgehead atoms. The fraction of sp³-hybridized carbons (Fsp3) is 0.900. The van der Waals surface area contributed by atoms with Crippen LogP contribution in [0.25, 0.3) is 0 Å². The van der Waals surface area contributed by atoms with Gasteiger partial charge in [-0.25, -0.2) is 0 Å². The first-order valence-electron chi connectivity index (χ1n) is 5.14. The molecule has 0 atom stereocenters. The van der Waals surface area contributed by atoms with Crippen LogP contribution >= 0.6 is 11.8 Å². The minimum atomic E-state index is 0.258. The Morgan fingerprint density at radius 3 is 2.77 bits per heavy atom. The Hall–Kier alpha value is -0.180. The fourth-order valence-corrected chi connectivity index (χ4v) is 2.92. The topological polar surface area (TPSA) is 24.4 Å². The molecule has 0 spiro atoms. The van der Waals surface area contributed by atoms with Gasteiger partial charge in [-0.3, -0.25) is 4.99 Å². The maximum Gasteiger partial charge on any atom is 0.157 e. The molecule has 1 heterocycles. The van der Waals surface area contributed by atoms with E-state index in [0.717, 1.165) is 0 Å². The third-order valence-corrected chi connectivity index (χ3v) is 3.67. The van der Waals surface area contributed by atoms with Gasteiger partial charge < -0.3 is 5.32 Å². The van der Waals surface area contributed by atoms with Crippen molar-refractivity contribution >= 4 is 16.9 Å². The predicted octanol–water partition coefficient (Wildman–Crippen LogP) is 2.40. The molecule has 0 radical (unpaired) electrons.